The zero-order chi connectivity index (χ0) is 15.3. The van der Waals surface area contributed by atoms with Crippen molar-refractivity contribution >= 4 is 5.97 Å². The maximum absolute atomic E-state index is 12.7. The highest BCUT2D eigenvalue weighted by Gasteiger charge is 2.59. The summed E-state index contributed by atoms with van der Waals surface area (Å²) >= 11 is 0. The second kappa shape index (κ2) is 4.84. The standard InChI is InChI=1S/C13H17F5O2/c1-6-7(2)9-3-8(6)4-10(9)11(19)20-5-12(14,15)13(16,17)18/h6-10H,3-5H2,1-2H3. The van der Waals surface area contributed by atoms with Gasteiger partial charge in [-0.3, -0.25) is 4.79 Å². The van der Waals surface area contributed by atoms with Crippen molar-refractivity contribution in [3.63, 3.8) is 0 Å². The Morgan fingerprint density at radius 2 is 1.70 bits per heavy atom. The van der Waals surface area contributed by atoms with Gasteiger partial charge in [0, 0.05) is 0 Å². The fraction of sp³-hybridized carbons (Fsp3) is 0.923. The Morgan fingerprint density at radius 3 is 2.15 bits per heavy atom. The topological polar surface area (TPSA) is 26.3 Å². The Balaban J connectivity index is 1.92. The van der Waals surface area contributed by atoms with Crippen LogP contribution in [-0.2, 0) is 9.53 Å². The molecule has 0 N–H and O–H groups in total. The maximum Gasteiger partial charge on any atom is 0.456 e. The molecule has 20 heavy (non-hydrogen) atoms. The minimum Gasteiger partial charge on any atom is -0.459 e. The van der Waals surface area contributed by atoms with Gasteiger partial charge >= 0.3 is 18.1 Å². The first-order valence-corrected chi connectivity index (χ1v) is 6.66. The van der Waals surface area contributed by atoms with Crippen LogP contribution in [0, 0.1) is 29.6 Å². The van der Waals surface area contributed by atoms with E-state index in [1.165, 1.54) is 0 Å². The lowest BCUT2D eigenvalue weighted by atomic mass is 9.76. The van der Waals surface area contributed by atoms with E-state index in [-0.39, 0.29) is 11.8 Å². The van der Waals surface area contributed by atoms with Crippen LogP contribution < -0.4 is 0 Å². The van der Waals surface area contributed by atoms with Crippen molar-refractivity contribution in [2.24, 2.45) is 29.6 Å². The first kappa shape index (κ1) is 15.5. The molecule has 0 spiro atoms. The van der Waals surface area contributed by atoms with Gasteiger partial charge in [-0.2, -0.15) is 22.0 Å². The molecule has 0 heterocycles. The number of fused-ring (bicyclic) bond motifs is 2. The van der Waals surface area contributed by atoms with E-state index in [9.17, 15) is 26.7 Å². The van der Waals surface area contributed by atoms with E-state index in [1.807, 2.05) is 6.92 Å². The number of halogens is 5. The molecule has 7 heteroatoms. The lowest BCUT2D eigenvalue weighted by molar-refractivity contribution is -0.294. The van der Waals surface area contributed by atoms with Crippen LogP contribution in [-0.4, -0.2) is 24.7 Å². The molecule has 0 aromatic carbocycles. The summed E-state index contributed by atoms with van der Waals surface area (Å²) < 4.78 is 65.6. The Labute approximate surface area is 113 Å². The van der Waals surface area contributed by atoms with E-state index in [0.717, 1.165) is 6.42 Å². The number of hydrogen-bond donors (Lipinski definition) is 0. The summed E-state index contributed by atoms with van der Waals surface area (Å²) in [5, 5.41) is 0. The van der Waals surface area contributed by atoms with E-state index in [4.69, 9.17) is 0 Å². The van der Waals surface area contributed by atoms with Crippen LogP contribution in [0.25, 0.3) is 0 Å². The molecular formula is C13H17F5O2. The van der Waals surface area contributed by atoms with Crippen molar-refractivity contribution < 1.29 is 31.5 Å². The molecule has 0 saturated heterocycles. The normalized spacial score (nSPS) is 37.2. The molecule has 5 unspecified atom stereocenters. The van der Waals surface area contributed by atoms with Crippen LogP contribution in [0.4, 0.5) is 22.0 Å². The van der Waals surface area contributed by atoms with Crippen molar-refractivity contribution in [2.75, 3.05) is 6.61 Å². The van der Waals surface area contributed by atoms with Crippen molar-refractivity contribution in [3.8, 4) is 0 Å². The van der Waals surface area contributed by atoms with Gasteiger partial charge in [0.25, 0.3) is 0 Å². The van der Waals surface area contributed by atoms with Gasteiger partial charge in [-0.1, -0.05) is 13.8 Å². The second-order valence-electron chi connectivity index (χ2n) is 6.03. The predicted molar refractivity (Wildman–Crippen MR) is 60.0 cm³/mol. The molecule has 2 fully saturated rings. The molecule has 0 aromatic rings. The molecule has 2 aliphatic rings. The minimum atomic E-state index is -5.69. The van der Waals surface area contributed by atoms with Crippen LogP contribution in [0.2, 0.25) is 0 Å². The minimum absolute atomic E-state index is 0.0435. The molecule has 2 aliphatic carbocycles. The van der Waals surface area contributed by atoms with Gasteiger partial charge in [0.15, 0.2) is 6.61 Å². The van der Waals surface area contributed by atoms with E-state index >= 15 is 0 Å². The fourth-order valence-electron chi connectivity index (χ4n) is 3.56. The Morgan fingerprint density at radius 1 is 1.10 bits per heavy atom. The van der Waals surface area contributed by atoms with Gasteiger partial charge in [0.2, 0.25) is 0 Å². The van der Waals surface area contributed by atoms with Gasteiger partial charge in [0.05, 0.1) is 5.92 Å². The lowest BCUT2D eigenvalue weighted by Gasteiger charge is -2.30. The third kappa shape index (κ3) is 2.51. The molecule has 2 saturated carbocycles. The monoisotopic (exact) mass is 300 g/mol. The first-order valence-electron chi connectivity index (χ1n) is 6.66. The highest BCUT2D eigenvalue weighted by molar-refractivity contribution is 5.73. The number of esters is 1. The summed E-state index contributed by atoms with van der Waals surface area (Å²) in [6.07, 6.45) is -4.33. The molecule has 2 nitrogen and oxygen atoms in total. The molecule has 5 atom stereocenters. The zero-order valence-electron chi connectivity index (χ0n) is 11.2. The van der Waals surface area contributed by atoms with E-state index in [2.05, 4.69) is 11.7 Å². The molecule has 116 valence electrons. The summed E-state index contributed by atoms with van der Waals surface area (Å²) in [7, 11) is 0. The van der Waals surface area contributed by atoms with Crippen molar-refractivity contribution in [2.45, 2.75) is 38.8 Å². The van der Waals surface area contributed by atoms with E-state index in [1.54, 1.807) is 0 Å². The summed E-state index contributed by atoms with van der Waals surface area (Å²) in [6, 6.07) is 0. The third-order valence-corrected chi connectivity index (χ3v) is 5.01. The molecule has 2 rings (SSSR count). The van der Waals surface area contributed by atoms with Crippen LogP contribution in [0.15, 0.2) is 0 Å². The summed E-state index contributed by atoms with van der Waals surface area (Å²) in [5.74, 6) is -5.32. The number of rotatable bonds is 3. The molecule has 0 aliphatic heterocycles. The fourth-order valence-corrected chi connectivity index (χ4v) is 3.56. The van der Waals surface area contributed by atoms with E-state index in [0.29, 0.717) is 18.3 Å². The number of ether oxygens (including phenoxy) is 1. The van der Waals surface area contributed by atoms with Gasteiger partial charge in [-0.05, 0) is 36.5 Å². The van der Waals surface area contributed by atoms with Gasteiger partial charge in [-0.15, -0.1) is 0 Å². The third-order valence-electron chi connectivity index (χ3n) is 5.01. The Hall–Kier alpha value is -0.880. The number of hydrogen-bond acceptors (Lipinski definition) is 2. The first-order chi connectivity index (χ1) is 9.04. The molecule has 0 radical (unpaired) electrons. The van der Waals surface area contributed by atoms with E-state index < -0.39 is 30.6 Å². The lowest BCUT2D eigenvalue weighted by Crippen LogP contribution is -2.42. The van der Waals surface area contributed by atoms with Crippen molar-refractivity contribution in [1.82, 2.24) is 0 Å². The summed E-state index contributed by atoms with van der Waals surface area (Å²) in [6.45, 7) is 2.14. The summed E-state index contributed by atoms with van der Waals surface area (Å²) in [4.78, 5) is 11.7. The smallest absolute Gasteiger partial charge is 0.456 e. The Bertz CT molecular complexity index is 391. The van der Waals surface area contributed by atoms with Gasteiger partial charge in [-0.25, -0.2) is 0 Å². The molecule has 0 aromatic heterocycles. The average Bonchev–Trinajstić information content (AvgIpc) is 2.86. The maximum atomic E-state index is 12.7. The van der Waals surface area contributed by atoms with Crippen LogP contribution in [0.1, 0.15) is 26.7 Å². The molecule has 2 bridgehead atoms. The predicted octanol–water partition coefficient (Wildman–Crippen LogP) is 3.66. The highest BCUT2D eigenvalue weighted by Crippen LogP contribution is 2.55. The second-order valence-corrected chi connectivity index (χ2v) is 6.03. The van der Waals surface area contributed by atoms with Crippen LogP contribution in [0.5, 0.6) is 0 Å². The van der Waals surface area contributed by atoms with Crippen LogP contribution >= 0.6 is 0 Å². The highest BCUT2D eigenvalue weighted by atomic mass is 19.4. The largest absolute Gasteiger partial charge is 0.459 e. The van der Waals surface area contributed by atoms with Gasteiger partial charge in [0.1, 0.15) is 0 Å². The summed E-state index contributed by atoms with van der Waals surface area (Å²) in [5.41, 5.74) is 0. The van der Waals surface area contributed by atoms with Crippen LogP contribution in [0.3, 0.4) is 0 Å². The quantitative estimate of drug-likeness (QED) is 0.587. The number of carbonyl (C=O) groups is 1. The van der Waals surface area contributed by atoms with Crippen molar-refractivity contribution in [1.29, 1.82) is 0 Å². The zero-order valence-corrected chi connectivity index (χ0v) is 11.2. The molecule has 0 amide bonds. The van der Waals surface area contributed by atoms with Gasteiger partial charge < -0.3 is 4.74 Å². The Kier molecular flexibility index (Phi) is 3.75. The average molecular weight is 300 g/mol. The van der Waals surface area contributed by atoms with Crippen molar-refractivity contribution in [3.05, 3.63) is 0 Å². The number of carbonyl (C=O) groups excluding carboxylic acids is 1. The number of alkyl halides is 5. The molecular weight excluding hydrogens is 283 g/mol. The SMILES string of the molecule is CC1C2CC(C(=O)OCC(F)(F)C(F)(F)F)C(C2)C1C.